The van der Waals surface area contributed by atoms with Crippen molar-refractivity contribution in [1.29, 1.82) is 0 Å². The zero-order valence-corrected chi connectivity index (χ0v) is 19.4. The smallest absolute Gasteiger partial charge is 0.244 e. The number of nitrogens with one attached hydrogen (secondary N) is 1. The van der Waals surface area contributed by atoms with Gasteiger partial charge in [0.2, 0.25) is 10.0 Å². The fraction of sp³-hybridized carbons (Fsp3) is 0.609. The summed E-state index contributed by atoms with van der Waals surface area (Å²) in [5, 5.41) is 4.73. The number of hydrogen-bond acceptors (Lipinski definition) is 4. The molecule has 1 unspecified atom stereocenters. The second-order valence-corrected chi connectivity index (χ2v) is 10.0. The van der Waals surface area contributed by atoms with Gasteiger partial charge in [-0.3, -0.25) is 4.68 Å². The summed E-state index contributed by atoms with van der Waals surface area (Å²) < 4.78 is 31.4. The summed E-state index contributed by atoms with van der Waals surface area (Å²) in [6.45, 7) is 9.30. The Bertz CT molecular complexity index is 885. The molecule has 0 aliphatic heterocycles. The number of benzene rings is 1. The van der Waals surface area contributed by atoms with E-state index in [0.717, 1.165) is 50.9 Å². The molecule has 166 valence electrons. The van der Waals surface area contributed by atoms with Gasteiger partial charge in [-0.15, -0.1) is 0 Å². The van der Waals surface area contributed by atoms with Gasteiger partial charge < -0.3 is 4.90 Å². The highest BCUT2D eigenvalue weighted by molar-refractivity contribution is 7.89. The Hall–Kier alpha value is -1.70. The van der Waals surface area contributed by atoms with Gasteiger partial charge in [-0.25, -0.2) is 13.1 Å². The van der Waals surface area contributed by atoms with Crippen molar-refractivity contribution in [2.75, 3.05) is 19.6 Å². The summed E-state index contributed by atoms with van der Waals surface area (Å²) in [7, 11) is -3.66. The van der Waals surface area contributed by atoms with Gasteiger partial charge in [-0.05, 0) is 52.2 Å². The average molecular weight is 433 g/mol. The van der Waals surface area contributed by atoms with Crippen LogP contribution in [0.4, 0.5) is 0 Å². The maximum Gasteiger partial charge on any atom is 0.244 e. The molecule has 1 aliphatic rings. The van der Waals surface area contributed by atoms with Crippen LogP contribution in [0, 0.1) is 0 Å². The van der Waals surface area contributed by atoms with Gasteiger partial charge >= 0.3 is 0 Å². The minimum Gasteiger partial charge on any atom is -0.304 e. The molecule has 0 saturated heterocycles. The fourth-order valence-electron chi connectivity index (χ4n) is 4.27. The van der Waals surface area contributed by atoms with Crippen molar-refractivity contribution in [3.05, 3.63) is 36.5 Å². The van der Waals surface area contributed by atoms with E-state index >= 15 is 0 Å². The monoisotopic (exact) mass is 432 g/mol. The molecular formula is C23H36N4O2S. The van der Waals surface area contributed by atoms with E-state index in [2.05, 4.69) is 23.5 Å². The van der Waals surface area contributed by atoms with Crippen LogP contribution in [0.15, 0.2) is 41.4 Å². The molecule has 1 heterocycles. The summed E-state index contributed by atoms with van der Waals surface area (Å²) in [5.41, 5.74) is 1.38. The molecular weight excluding hydrogens is 396 g/mol. The molecule has 1 aromatic heterocycles. The topological polar surface area (TPSA) is 67.2 Å². The minimum atomic E-state index is -3.66. The fourth-order valence-corrected chi connectivity index (χ4v) is 5.71. The number of sulfonamides is 1. The first kappa shape index (κ1) is 23.0. The van der Waals surface area contributed by atoms with Crippen LogP contribution in [0.3, 0.4) is 0 Å². The first-order chi connectivity index (χ1) is 14.4. The zero-order chi connectivity index (χ0) is 21.6. The molecule has 0 spiro atoms. The summed E-state index contributed by atoms with van der Waals surface area (Å²) >= 11 is 0. The molecule has 0 bridgehead atoms. The molecule has 1 N–H and O–H groups in total. The third-order valence-electron chi connectivity index (χ3n) is 6.10. The van der Waals surface area contributed by atoms with E-state index in [-0.39, 0.29) is 10.9 Å². The van der Waals surface area contributed by atoms with E-state index in [1.165, 1.54) is 12.8 Å². The molecule has 2 aromatic rings. The lowest BCUT2D eigenvalue weighted by atomic mass is 10.2. The van der Waals surface area contributed by atoms with Gasteiger partial charge in [0.05, 0.1) is 6.04 Å². The van der Waals surface area contributed by atoms with Gasteiger partial charge in [0, 0.05) is 17.8 Å². The molecule has 1 saturated carbocycles. The predicted molar refractivity (Wildman–Crippen MR) is 122 cm³/mol. The third kappa shape index (κ3) is 5.71. The molecule has 0 amide bonds. The van der Waals surface area contributed by atoms with Gasteiger partial charge in [0.1, 0.15) is 10.6 Å². The standard InChI is InChI=1S/C23H36N4O2S/c1-4-26(5-2)17-11-12-19(3)25-30(28,29)22-18-27(21-15-9-10-16-21)24-23(22)20-13-7-6-8-14-20/h6-8,13-14,18-19,21,25H,4-5,9-12,15-17H2,1-3H3. The third-order valence-corrected chi connectivity index (χ3v) is 7.69. The Balaban J connectivity index is 1.78. The Morgan fingerprint density at radius 2 is 1.83 bits per heavy atom. The highest BCUT2D eigenvalue weighted by Crippen LogP contribution is 2.33. The van der Waals surface area contributed by atoms with Crippen molar-refractivity contribution in [2.45, 2.75) is 76.3 Å². The maximum atomic E-state index is 13.3. The van der Waals surface area contributed by atoms with E-state index in [1.807, 2.05) is 41.9 Å². The van der Waals surface area contributed by atoms with Crippen LogP contribution < -0.4 is 4.72 Å². The van der Waals surface area contributed by atoms with Crippen LogP contribution in [-0.2, 0) is 10.0 Å². The average Bonchev–Trinajstić information content (AvgIpc) is 3.41. The van der Waals surface area contributed by atoms with Gasteiger partial charge in [0.15, 0.2) is 0 Å². The molecule has 1 aliphatic carbocycles. The summed E-state index contributed by atoms with van der Waals surface area (Å²) in [6.07, 6.45) is 7.99. The van der Waals surface area contributed by atoms with Crippen LogP contribution in [0.1, 0.15) is 65.3 Å². The van der Waals surface area contributed by atoms with Crippen LogP contribution >= 0.6 is 0 Å². The van der Waals surface area contributed by atoms with Crippen molar-refractivity contribution in [3.8, 4) is 11.3 Å². The lowest BCUT2D eigenvalue weighted by molar-refractivity contribution is 0.293. The second-order valence-electron chi connectivity index (χ2n) is 8.32. The highest BCUT2D eigenvalue weighted by Gasteiger charge is 2.28. The number of rotatable bonds is 11. The van der Waals surface area contributed by atoms with E-state index in [0.29, 0.717) is 11.7 Å². The van der Waals surface area contributed by atoms with E-state index in [1.54, 1.807) is 6.20 Å². The van der Waals surface area contributed by atoms with Crippen molar-refractivity contribution >= 4 is 10.0 Å². The molecule has 3 rings (SSSR count). The molecule has 1 fully saturated rings. The lowest BCUT2D eigenvalue weighted by Gasteiger charge is -2.19. The summed E-state index contributed by atoms with van der Waals surface area (Å²) in [5.74, 6) is 0. The number of aromatic nitrogens is 2. The number of nitrogens with zero attached hydrogens (tertiary/aromatic N) is 3. The molecule has 7 heteroatoms. The minimum absolute atomic E-state index is 0.121. The SMILES string of the molecule is CCN(CC)CCCC(C)NS(=O)(=O)c1cn(C2CCCC2)nc1-c1ccccc1. The highest BCUT2D eigenvalue weighted by atomic mass is 32.2. The first-order valence-electron chi connectivity index (χ1n) is 11.3. The van der Waals surface area contributed by atoms with Crippen molar-refractivity contribution in [2.24, 2.45) is 0 Å². The molecule has 6 nitrogen and oxygen atoms in total. The molecule has 1 aromatic carbocycles. The first-order valence-corrected chi connectivity index (χ1v) is 12.8. The molecule has 1 atom stereocenters. The van der Waals surface area contributed by atoms with E-state index in [9.17, 15) is 8.42 Å². The van der Waals surface area contributed by atoms with Crippen molar-refractivity contribution in [1.82, 2.24) is 19.4 Å². The van der Waals surface area contributed by atoms with Crippen molar-refractivity contribution < 1.29 is 8.42 Å². The maximum absolute atomic E-state index is 13.3. The van der Waals surface area contributed by atoms with Crippen LogP contribution in [-0.4, -0.2) is 48.8 Å². The van der Waals surface area contributed by atoms with Crippen LogP contribution in [0.2, 0.25) is 0 Å². The van der Waals surface area contributed by atoms with Crippen molar-refractivity contribution in [3.63, 3.8) is 0 Å². The lowest BCUT2D eigenvalue weighted by Crippen LogP contribution is -2.33. The summed E-state index contributed by atoms with van der Waals surface area (Å²) in [6, 6.07) is 9.79. The molecule has 0 radical (unpaired) electrons. The van der Waals surface area contributed by atoms with Gasteiger partial charge in [-0.2, -0.15) is 5.10 Å². The Morgan fingerprint density at radius 1 is 1.17 bits per heavy atom. The normalized spacial score (nSPS) is 16.4. The largest absolute Gasteiger partial charge is 0.304 e. The van der Waals surface area contributed by atoms with Gasteiger partial charge in [-0.1, -0.05) is 57.0 Å². The predicted octanol–water partition coefficient (Wildman–Crippen LogP) is 4.45. The Labute approximate surface area is 181 Å². The summed E-state index contributed by atoms with van der Waals surface area (Å²) in [4.78, 5) is 2.65. The molecule has 30 heavy (non-hydrogen) atoms. The Morgan fingerprint density at radius 3 is 2.47 bits per heavy atom. The van der Waals surface area contributed by atoms with Gasteiger partial charge in [0.25, 0.3) is 0 Å². The van der Waals surface area contributed by atoms with Crippen LogP contribution in [0.25, 0.3) is 11.3 Å². The number of hydrogen-bond donors (Lipinski definition) is 1. The quantitative estimate of drug-likeness (QED) is 0.569. The zero-order valence-electron chi connectivity index (χ0n) is 18.5. The van der Waals surface area contributed by atoms with Crippen LogP contribution in [0.5, 0.6) is 0 Å². The van der Waals surface area contributed by atoms with E-state index < -0.39 is 10.0 Å². The van der Waals surface area contributed by atoms with E-state index in [4.69, 9.17) is 5.10 Å². The Kier molecular flexibility index (Phi) is 8.08. The second kappa shape index (κ2) is 10.6.